The van der Waals surface area contributed by atoms with E-state index in [1.54, 1.807) is 6.92 Å². The van der Waals surface area contributed by atoms with Crippen molar-refractivity contribution in [1.29, 1.82) is 0 Å². The van der Waals surface area contributed by atoms with Crippen LogP contribution in [0.2, 0.25) is 0 Å². The highest BCUT2D eigenvalue weighted by atomic mass is 16.5. The van der Waals surface area contributed by atoms with Gasteiger partial charge in [0.05, 0.1) is 0 Å². The number of hydrogen-bond donors (Lipinski definition) is 1. The topological polar surface area (TPSA) is 74.2 Å². The maximum atomic E-state index is 5.99. The minimum atomic E-state index is 0.150. The number of rotatable bonds is 6. The Hall–Kier alpha value is -1.88. The second-order valence-electron chi connectivity index (χ2n) is 4.50. The fourth-order valence-electron chi connectivity index (χ4n) is 1.78. The Balaban J connectivity index is 2.03. The molecule has 1 unspecified atom stereocenters. The van der Waals surface area contributed by atoms with Gasteiger partial charge in [-0.3, -0.25) is 0 Å². The third-order valence-corrected chi connectivity index (χ3v) is 2.91. The van der Waals surface area contributed by atoms with E-state index in [2.05, 4.69) is 17.1 Å². The Morgan fingerprint density at radius 1 is 1.37 bits per heavy atom. The smallest absolute Gasteiger partial charge is 0.223 e. The minimum Gasteiger partial charge on any atom is -0.485 e. The number of aryl methyl sites for hydroxylation is 1. The molecule has 1 aromatic carbocycles. The van der Waals surface area contributed by atoms with Crippen LogP contribution >= 0.6 is 0 Å². The highest BCUT2D eigenvalue weighted by molar-refractivity contribution is 5.34. The third-order valence-electron chi connectivity index (χ3n) is 2.91. The van der Waals surface area contributed by atoms with E-state index in [-0.39, 0.29) is 6.04 Å². The van der Waals surface area contributed by atoms with Gasteiger partial charge in [0.2, 0.25) is 11.7 Å². The van der Waals surface area contributed by atoms with E-state index in [0.717, 1.165) is 24.2 Å². The molecule has 2 rings (SSSR count). The molecule has 0 saturated carbocycles. The fraction of sp³-hybridized carbons (Fsp3) is 0.429. The fourth-order valence-corrected chi connectivity index (χ4v) is 1.78. The molecule has 0 amide bonds. The van der Waals surface area contributed by atoms with Crippen LogP contribution in [0.25, 0.3) is 0 Å². The number of aromatic nitrogens is 2. The van der Waals surface area contributed by atoms with Crippen molar-refractivity contribution in [2.45, 2.75) is 39.3 Å². The zero-order valence-corrected chi connectivity index (χ0v) is 11.3. The van der Waals surface area contributed by atoms with E-state index in [4.69, 9.17) is 15.0 Å². The van der Waals surface area contributed by atoms with Crippen LogP contribution in [-0.4, -0.2) is 16.2 Å². The number of para-hydroxylation sites is 1. The van der Waals surface area contributed by atoms with Crippen LogP contribution in [0, 0.1) is 6.92 Å². The molecule has 2 N–H and O–H groups in total. The first-order valence-electron chi connectivity index (χ1n) is 6.44. The number of hydrogen-bond acceptors (Lipinski definition) is 5. The van der Waals surface area contributed by atoms with Crippen LogP contribution in [-0.2, 0) is 13.0 Å². The molecule has 0 aliphatic rings. The Morgan fingerprint density at radius 2 is 2.16 bits per heavy atom. The molecule has 2 aromatic rings. The molecule has 5 nitrogen and oxygen atoms in total. The molecular formula is C14H19N3O2. The van der Waals surface area contributed by atoms with Gasteiger partial charge in [-0.15, -0.1) is 0 Å². The first kappa shape index (κ1) is 13.5. The average molecular weight is 261 g/mol. The maximum absolute atomic E-state index is 5.99. The van der Waals surface area contributed by atoms with Crippen molar-refractivity contribution in [3.8, 4) is 5.75 Å². The molecule has 0 bridgehead atoms. The van der Waals surface area contributed by atoms with Gasteiger partial charge in [-0.25, -0.2) is 0 Å². The zero-order valence-electron chi connectivity index (χ0n) is 11.3. The van der Waals surface area contributed by atoms with Gasteiger partial charge in [-0.2, -0.15) is 4.98 Å². The Kier molecular flexibility index (Phi) is 4.52. The predicted molar refractivity (Wildman–Crippen MR) is 71.8 cm³/mol. The van der Waals surface area contributed by atoms with Gasteiger partial charge in [0.1, 0.15) is 5.75 Å². The summed E-state index contributed by atoms with van der Waals surface area (Å²) in [4.78, 5) is 4.11. The summed E-state index contributed by atoms with van der Waals surface area (Å²) in [6, 6.07) is 8.05. The summed E-state index contributed by atoms with van der Waals surface area (Å²) in [5.41, 5.74) is 7.10. The van der Waals surface area contributed by atoms with Gasteiger partial charge in [0, 0.05) is 13.0 Å². The molecule has 0 spiro atoms. The van der Waals surface area contributed by atoms with Crippen LogP contribution in [0.1, 0.15) is 30.6 Å². The monoisotopic (exact) mass is 261 g/mol. The summed E-state index contributed by atoms with van der Waals surface area (Å²) in [6.07, 6.45) is 1.75. The van der Waals surface area contributed by atoms with E-state index in [9.17, 15) is 0 Å². The van der Waals surface area contributed by atoms with E-state index < -0.39 is 0 Å². The number of nitrogens with two attached hydrogens (primary N) is 1. The molecule has 0 aliphatic heterocycles. The zero-order chi connectivity index (χ0) is 13.7. The highest BCUT2D eigenvalue weighted by Crippen LogP contribution is 2.20. The lowest BCUT2D eigenvalue weighted by Crippen LogP contribution is -2.21. The van der Waals surface area contributed by atoms with Gasteiger partial charge >= 0.3 is 0 Å². The largest absolute Gasteiger partial charge is 0.485 e. The van der Waals surface area contributed by atoms with Gasteiger partial charge in [-0.05, 0) is 24.5 Å². The first-order valence-corrected chi connectivity index (χ1v) is 6.44. The molecule has 0 fully saturated rings. The van der Waals surface area contributed by atoms with Crippen molar-refractivity contribution in [2.24, 2.45) is 5.73 Å². The van der Waals surface area contributed by atoms with Crippen LogP contribution in [0.5, 0.6) is 5.75 Å². The van der Waals surface area contributed by atoms with Crippen LogP contribution in [0.4, 0.5) is 0 Å². The second kappa shape index (κ2) is 6.33. The normalized spacial score (nSPS) is 12.4. The Morgan fingerprint density at radius 3 is 2.84 bits per heavy atom. The molecule has 1 aromatic heterocycles. The summed E-state index contributed by atoms with van der Waals surface area (Å²) >= 11 is 0. The quantitative estimate of drug-likeness (QED) is 0.863. The SMILES string of the molecule is CCC(N)Cc1ccccc1OCc1noc(C)n1. The van der Waals surface area contributed by atoms with Crippen molar-refractivity contribution in [2.75, 3.05) is 0 Å². The van der Waals surface area contributed by atoms with Crippen molar-refractivity contribution in [3.63, 3.8) is 0 Å². The van der Waals surface area contributed by atoms with Crippen molar-refractivity contribution in [1.82, 2.24) is 10.1 Å². The van der Waals surface area contributed by atoms with Crippen LogP contribution in [0.3, 0.4) is 0 Å². The van der Waals surface area contributed by atoms with E-state index in [1.807, 2.05) is 24.3 Å². The standard InChI is InChI=1S/C14H19N3O2/c1-3-12(15)8-11-6-4-5-7-13(11)18-9-14-16-10(2)19-17-14/h4-7,12H,3,8-9,15H2,1-2H3. The lowest BCUT2D eigenvalue weighted by Gasteiger charge is -2.13. The number of ether oxygens (including phenoxy) is 1. The van der Waals surface area contributed by atoms with E-state index in [1.165, 1.54) is 0 Å². The van der Waals surface area contributed by atoms with Crippen molar-refractivity contribution in [3.05, 3.63) is 41.5 Å². The maximum Gasteiger partial charge on any atom is 0.223 e. The summed E-state index contributed by atoms with van der Waals surface area (Å²) in [5, 5.41) is 3.80. The molecule has 1 atom stereocenters. The molecule has 0 radical (unpaired) electrons. The van der Waals surface area contributed by atoms with E-state index in [0.29, 0.717) is 18.3 Å². The summed E-state index contributed by atoms with van der Waals surface area (Å²) in [5.74, 6) is 1.92. The highest BCUT2D eigenvalue weighted by Gasteiger charge is 2.09. The molecule has 0 aliphatic carbocycles. The molecule has 19 heavy (non-hydrogen) atoms. The van der Waals surface area contributed by atoms with Gasteiger partial charge in [0.15, 0.2) is 6.61 Å². The number of benzene rings is 1. The van der Waals surface area contributed by atoms with Crippen molar-refractivity contribution < 1.29 is 9.26 Å². The van der Waals surface area contributed by atoms with Gasteiger partial charge in [0.25, 0.3) is 0 Å². The lowest BCUT2D eigenvalue weighted by molar-refractivity contribution is 0.282. The predicted octanol–water partition coefficient (Wildman–Crippen LogP) is 2.24. The Bertz CT molecular complexity index is 525. The van der Waals surface area contributed by atoms with Crippen molar-refractivity contribution >= 4 is 0 Å². The molecule has 0 saturated heterocycles. The molecule has 1 heterocycles. The average Bonchev–Trinajstić information content (AvgIpc) is 2.83. The van der Waals surface area contributed by atoms with Crippen LogP contribution < -0.4 is 10.5 Å². The molecule has 5 heteroatoms. The summed E-state index contributed by atoms with van der Waals surface area (Å²) in [6.45, 7) is 4.14. The molecule has 102 valence electrons. The molecular weight excluding hydrogens is 242 g/mol. The third kappa shape index (κ3) is 3.79. The van der Waals surface area contributed by atoms with Gasteiger partial charge < -0.3 is 15.0 Å². The summed E-state index contributed by atoms with van der Waals surface area (Å²) in [7, 11) is 0. The minimum absolute atomic E-state index is 0.150. The van der Waals surface area contributed by atoms with E-state index >= 15 is 0 Å². The Labute approximate surface area is 112 Å². The summed E-state index contributed by atoms with van der Waals surface area (Å²) < 4.78 is 10.6. The van der Waals surface area contributed by atoms with Crippen LogP contribution in [0.15, 0.2) is 28.8 Å². The lowest BCUT2D eigenvalue weighted by atomic mass is 10.0. The van der Waals surface area contributed by atoms with Gasteiger partial charge in [-0.1, -0.05) is 30.3 Å². The first-order chi connectivity index (χ1) is 9.19. The number of nitrogens with zero attached hydrogens (tertiary/aromatic N) is 2. The second-order valence-corrected chi connectivity index (χ2v) is 4.50.